The van der Waals surface area contributed by atoms with Gasteiger partial charge < -0.3 is 5.32 Å². The molecule has 1 aliphatic carbocycles. The SMILES string of the molecule is CC1=NC(NC2CCCCC2)=C2C=C(c3ccccc3)N=C2C1S(=O)(=O)c1ccc(C)cc1. The fraction of sp³-hybridized carbons (Fsp3) is 0.333. The molecule has 6 heteroatoms. The third-order valence-electron chi connectivity index (χ3n) is 6.64. The van der Waals surface area contributed by atoms with Crippen molar-refractivity contribution < 1.29 is 8.42 Å². The molecule has 2 heterocycles. The molecular formula is C27H29N3O2S. The monoisotopic (exact) mass is 459 g/mol. The van der Waals surface area contributed by atoms with Crippen LogP contribution in [0.2, 0.25) is 0 Å². The first-order valence-corrected chi connectivity index (χ1v) is 13.2. The number of allylic oxidation sites excluding steroid dienone is 2. The van der Waals surface area contributed by atoms with Gasteiger partial charge in [0.15, 0.2) is 9.84 Å². The van der Waals surface area contributed by atoms with E-state index in [1.807, 2.05) is 55.5 Å². The van der Waals surface area contributed by atoms with E-state index in [4.69, 9.17) is 9.98 Å². The van der Waals surface area contributed by atoms with Gasteiger partial charge in [0, 0.05) is 22.9 Å². The summed E-state index contributed by atoms with van der Waals surface area (Å²) < 4.78 is 27.5. The van der Waals surface area contributed by atoms with E-state index >= 15 is 0 Å². The summed E-state index contributed by atoms with van der Waals surface area (Å²) in [5.74, 6) is 0.749. The minimum Gasteiger partial charge on any atom is -0.367 e. The third kappa shape index (κ3) is 4.20. The van der Waals surface area contributed by atoms with Gasteiger partial charge in [-0.15, -0.1) is 0 Å². The van der Waals surface area contributed by atoms with Gasteiger partial charge in [-0.2, -0.15) is 0 Å². The Hall–Kier alpha value is -2.99. The molecule has 1 saturated carbocycles. The minimum atomic E-state index is -3.70. The number of hydrogen-bond donors (Lipinski definition) is 1. The highest BCUT2D eigenvalue weighted by molar-refractivity contribution is 7.93. The maximum Gasteiger partial charge on any atom is 0.192 e. The van der Waals surface area contributed by atoms with Gasteiger partial charge in [0.25, 0.3) is 0 Å². The molecule has 2 aromatic carbocycles. The van der Waals surface area contributed by atoms with Crippen molar-refractivity contribution in [1.29, 1.82) is 0 Å². The molecule has 3 aliphatic rings. The van der Waals surface area contributed by atoms with Crippen LogP contribution in [0, 0.1) is 6.92 Å². The molecule has 2 aliphatic heterocycles. The number of hydrogen-bond acceptors (Lipinski definition) is 5. The lowest BCUT2D eigenvalue weighted by Crippen LogP contribution is -2.42. The van der Waals surface area contributed by atoms with E-state index in [0.717, 1.165) is 41.1 Å². The van der Waals surface area contributed by atoms with Crippen LogP contribution in [0.25, 0.3) is 5.70 Å². The molecule has 33 heavy (non-hydrogen) atoms. The highest BCUT2D eigenvalue weighted by Crippen LogP contribution is 2.35. The molecule has 0 spiro atoms. The van der Waals surface area contributed by atoms with Crippen LogP contribution in [0.5, 0.6) is 0 Å². The molecule has 2 aromatic rings. The van der Waals surface area contributed by atoms with Gasteiger partial charge in [0.1, 0.15) is 11.1 Å². The topological polar surface area (TPSA) is 70.9 Å². The molecule has 5 nitrogen and oxygen atoms in total. The maximum absolute atomic E-state index is 13.8. The number of rotatable bonds is 5. The zero-order valence-electron chi connectivity index (χ0n) is 19.1. The largest absolute Gasteiger partial charge is 0.367 e. The van der Waals surface area contributed by atoms with Crippen LogP contribution in [-0.4, -0.2) is 31.1 Å². The van der Waals surface area contributed by atoms with Crippen molar-refractivity contribution in [2.75, 3.05) is 0 Å². The second kappa shape index (κ2) is 8.75. The average molecular weight is 460 g/mol. The first-order chi connectivity index (χ1) is 15.9. The van der Waals surface area contributed by atoms with Crippen molar-refractivity contribution in [1.82, 2.24) is 5.32 Å². The van der Waals surface area contributed by atoms with E-state index in [0.29, 0.717) is 22.4 Å². The van der Waals surface area contributed by atoms with Crippen molar-refractivity contribution in [2.24, 2.45) is 9.98 Å². The van der Waals surface area contributed by atoms with Gasteiger partial charge in [0.2, 0.25) is 0 Å². The molecule has 0 radical (unpaired) electrons. The van der Waals surface area contributed by atoms with E-state index in [9.17, 15) is 8.42 Å². The van der Waals surface area contributed by atoms with Gasteiger partial charge in [0.05, 0.1) is 16.3 Å². The number of benzene rings is 2. The Balaban J connectivity index is 1.59. The fourth-order valence-corrected chi connectivity index (χ4v) is 6.62. The summed E-state index contributed by atoms with van der Waals surface area (Å²) in [7, 11) is -3.70. The number of aliphatic imine (C=N–C) groups is 2. The standard InChI is InChI=1S/C27H29N3O2S/c1-18-13-15-22(16-14-18)33(31,32)26-19(2)28-27(29-21-11-7-4-8-12-21)23-17-24(30-25(23)26)20-9-5-3-6-10-20/h3,5-6,9-10,13-17,21,26,29H,4,7-8,11-12H2,1-2H3. The Bertz CT molecular complexity index is 1280. The van der Waals surface area contributed by atoms with Crippen molar-refractivity contribution in [3.05, 3.63) is 83.2 Å². The van der Waals surface area contributed by atoms with Crippen molar-refractivity contribution >= 4 is 27.0 Å². The Morgan fingerprint density at radius 2 is 1.58 bits per heavy atom. The summed E-state index contributed by atoms with van der Waals surface area (Å²) in [6, 6.07) is 17.3. The van der Waals surface area contributed by atoms with Crippen molar-refractivity contribution in [3.63, 3.8) is 0 Å². The lowest BCUT2D eigenvalue weighted by atomic mass is 9.95. The molecule has 0 aromatic heterocycles. The van der Waals surface area contributed by atoms with Gasteiger partial charge in [-0.3, -0.25) is 4.99 Å². The molecular weight excluding hydrogens is 430 g/mol. The molecule has 1 fully saturated rings. The molecule has 170 valence electrons. The molecule has 0 bridgehead atoms. The fourth-order valence-electron chi connectivity index (χ4n) is 4.86. The van der Waals surface area contributed by atoms with Crippen LogP contribution < -0.4 is 5.32 Å². The summed E-state index contributed by atoms with van der Waals surface area (Å²) in [5, 5.41) is 2.72. The second-order valence-corrected chi connectivity index (χ2v) is 11.2. The predicted molar refractivity (Wildman–Crippen MR) is 134 cm³/mol. The van der Waals surface area contributed by atoms with Crippen molar-refractivity contribution in [3.8, 4) is 0 Å². The van der Waals surface area contributed by atoms with E-state index in [1.165, 1.54) is 19.3 Å². The number of sulfone groups is 1. The predicted octanol–water partition coefficient (Wildman–Crippen LogP) is 5.24. The zero-order chi connectivity index (χ0) is 23.0. The van der Waals surface area contributed by atoms with Crippen LogP contribution in [-0.2, 0) is 9.84 Å². The molecule has 1 unspecified atom stereocenters. The van der Waals surface area contributed by atoms with Crippen LogP contribution in [0.3, 0.4) is 0 Å². The zero-order valence-corrected chi connectivity index (χ0v) is 19.9. The number of nitrogens with zero attached hydrogens (tertiary/aromatic N) is 2. The summed E-state index contributed by atoms with van der Waals surface area (Å²) >= 11 is 0. The molecule has 0 amide bonds. The van der Waals surface area contributed by atoms with E-state index in [1.54, 1.807) is 19.1 Å². The van der Waals surface area contributed by atoms with Crippen molar-refractivity contribution in [2.45, 2.75) is 62.1 Å². The van der Waals surface area contributed by atoms with Crippen LogP contribution in [0.4, 0.5) is 0 Å². The van der Waals surface area contributed by atoms with Gasteiger partial charge in [-0.1, -0.05) is 67.3 Å². The summed E-state index contributed by atoms with van der Waals surface area (Å²) in [6.07, 6.45) is 7.90. The number of nitrogens with one attached hydrogen (secondary N) is 1. The van der Waals surface area contributed by atoms with E-state index in [-0.39, 0.29) is 0 Å². The number of fused-ring (bicyclic) bond motifs is 1. The highest BCUT2D eigenvalue weighted by atomic mass is 32.2. The van der Waals surface area contributed by atoms with Gasteiger partial charge in [-0.25, -0.2) is 13.4 Å². The van der Waals surface area contributed by atoms with Crippen LogP contribution in [0.15, 0.2) is 86.9 Å². The Labute approximate surface area is 196 Å². The molecule has 1 N–H and O–H groups in total. The third-order valence-corrected chi connectivity index (χ3v) is 8.76. The first-order valence-electron chi connectivity index (χ1n) is 11.7. The Morgan fingerprint density at radius 3 is 2.27 bits per heavy atom. The summed E-state index contributed by atoms with van der Waals surface area (Å²) in [5.41, 5.74) is 4.68. The molecule has 1 atom stereocenters. The minimum absolute atomic E-state index is 0.298. The Morgan fingerprint density at radius 1 is 0.879 bits per heavy atom. The molecule has 0 saturated heterocycles. The summed E-state index contributed by atoms with van der Waals surface area (Å²) in [4.78, 5) is 10.0. The normalized spacial score (nSPS) is 21.3. The first kappa shape index (κ1) is 21.8. The van der Waals surface area contributed by atoms with Gasteiger partial charge in [-0.05, 0) is 44.9 Å². The smallest absolute Gasteiger partial charge is 0.192 e. The van der Waals surface area contributed by atoms with E-state index in [2.05, 4.69) is 5.32 Å². The van der Waals surface area contributed by atoms with Gasteiger partial charge >= 0.3 is 0 Å². The molecule has 5 rings (SSSR count). The lowest BCUT2D eigenvalue weighted by Gasteiger charge is -2.29. The van der Waals surface area contributed by atoms with E-state index < -0.39 is 15.1 Å². The maximum atomic E-state index is 13.8. The summed E-state index contributed by atoms with van der Waals surface area (Å²) in [6.45, 7) is 3.75. The quantitative estimate of drug-likeness (QED) is 0.665. The van der Waals surface area contributed by atoms with Crippen LogP contribution >= 0.6 is 0 Å². The average Bonchev–Trinajstić information content (AvgIpc) is 3.26. The van der Waals surface area contributed by atoms with Crippen LogP contribution in [0.1, 0.15) is 50.2 Å². The second-order valence-electron chi connectivity index (χ2n) is 9.13. The number of aryl methyl sites for hydroxylation is 1. The Kier molecular flexibility index (Phi) is 5.79. The highest BCUT2D eigenvalue weighted by Gasteiger charge is 2.41. The lowest BCUT2D eigenvalue weighted by molar-refractivity contribution is 0.395.